The third kappa shape index (κ3) is 3.76. The summed E-state index contributed by atoms with van der Waals surface area (Å²) in [6.07, 6.45) is 2.02. The van der Waals surface area contributed by atoms with Crippen molar-refractivity contribution in [2.24, 2.45) is 0 Å². The van der Waals surface area contributed by atoms with Gasteiger partial charge in [-0.3, -0.25) is 4.79 Å². The molecular formula is C21H26N6O2S. The lowest BCUT2D eigenvalue weighted by Crippen LogP contribution is -2.45. The zero-order valence-corrected chi connectivity index (χ0v) is 17.5. The van der Waals surface area contributed by atoms with E-state index in [0.29, 0.717) is 22.4 Å². The van der Waals surface area contributed by atoms with Crippen LogP contribution in [0.15, 0.2) is 24.3 Å². The van der Waals surface area contributed by atoms with Gasteiger partial charge in [-0.2, -0.15) is 0 Å². The standard InChI is InChI=1S/C21H26N6O2S/c28-15-4-3-14(21(29)24-13-2-1-7-23-12-13)18-19(15)26-20(25-18)16-5-6-17(30-16)27-10-8-22-9-11-27/h3-6,13,22-23,28H,1-2,7-12H2,(H,24,29)(H,25,26)/t13-/m0/s1. The molecule has 0 spiro atoms. The smallest absolute Gasteiger partial charge is 0.253 e. The predicted octanol–water partition coefficient (Wildman–Crippen LogP) is 1.89. The Kier molecular flexibility index (Phi) is 5.32. The fourth-order valence-electron chi connectivity index (χ4n) is 4.13. The average molecular weight is 427 g/mol. The largest absolute Gasteiger partial charge is 0.506 e. The topological polar surface area (TPSA) is 105 Å². The van der Waals surface area contributed by atoms with Gasteiger partial charge in [-0.05, 0) is 43.7 Å². The number of phenolic OH excluding ortho intramolecular Hbond substituents is 1. The molecule has 0 radical (unpaired) electrons. The van der Waals surface area contributed by atoms with Crippen molar-refractivity contribution in [2.75, 3.05) is 44.2 Å². The Morgan fingerprint density at radius 1 is 1.17 bits per heavy atom. The molecule has 2 aliphatic heterocycles. The molecule has 1 atom stereocenters. The molecule has 0 aliphatic carbocycles. The number of rotatable bonds is 4. The van der Waals surface area contributed by atoms with Gasteiger partial charge in [0.25, 0.3) is 5.91 Å². The number of aromatic hydroxyl groups is 1. The third-order valence-electron chi connectivity index (χ3n) is 5.75. The quantitative estimate of drug-likeness (QED) is 0.436. The predicted molar refractivity (Wildman–Crippen MR) is 120 cm³/mol. The summed E-state index contributed by atoms with van der Waals surface area (Å²) >= 11 is 1.67. The SMILES string of the molecule is O=C(N[C@H]1CCCNC1)c1ccc(O)c2[nH]c(-c3ccc(N4CCNCC4)s3)nc12. The minimum Gasteiger partial charge on any atom is -0.506 e. The number of carbonyl (C=O) groups is 1. The van der Waals surface area contributed by atoms with Crippen LogP contribution in [0, 0.1) is 0 Å². The molecule has 4 heterocycles. The lowest BCUT2D eigenvalue weighted by atomic mass is 10.1. The van der Waals surface area contributed by atoms with Crippen LogP contribution in [0.25, 0.3) is 21.7 Å². The number of hydrogen-bond donors (Lipinski definition) is 5. The number of anilines is 1. The molecule has 3 aromatic rings. The van der Waals surface area contributed by atoms with Gasteiger partial charge in [-0.1, -0.05) is 0 Å². The second kappa shape index (κ2) is 8.25. The van der Waals surface area contributed by atoms with Crippen LogP contribution in [0.4, 0.5) is 5.00 Å². The number of thiophene rings is 1. The number of fused-ring (bicyclic) bond motifs is 1. The zero-order valence-electron chi connectivity index (χ0n) is 16.7. The molecule has 1 aromatic carbocycles. The number of piperidine rings is 1. The van der Waals surface area contributed by atoms with E-state index in [1.807, 2.05) is 6.07 Å². The van der Waals surface area contributed by atoms with Crippen molar-refractivity contribution < 1.29 is 9.90 Å². The van der Waals surface area contributed by atoms with E-state index in [1.165, 1.54) is 5.00 Å². The molecule has 0 unspecified atom stereocenters. The molecule has 1 amide bonds. The minimum atomic E-state index is -0.153. The van der Waals surface area contributed by atoms with Gasteiger partial charge < -0.3 is 30.9 Å². The summed E-state index contributed by atoms with van der Waals surface area (Å²) in [4.78, 5) is 24.2. The number of carbonyl (C=O) groups excluding carboxylic acids is 1. The molecule has 2 aliphatic rings. The molecule has 0 saturated carbocycles. The van der Waals surface area contributed by atoms with Crippen LogP contribution in [0.2, 0.25) is 0 Å². The van der Waals surface area contributed by atoms with Crippen molar-refractivity contribution in [1.29, 1.82) is 0 Å². The summed E-state index contributed by atoms with van der Waals surface area (Å²) in [6, 6.07) is 7.48. The lowest BCUT2D eigenvalue weighted by molar-refractivity contribution is 0.0932. The van der Waals surface area contributed by atoms with Gasteiger partial charge >= 0.3 is 0 Å². The van der Waals surface area contributed by atoms with Crippen molar-refractivity contribution in [1.82, 2.24) is 25.9 Å². The Hall–Kier alpha value is -2.62. The van der Waals surface area contributed by atoms with Crippen LogP contribution >= 0.6 is 11.3 Å². The fraction of sp³-hybridized carbons (Fsp3) is 0.429. The summed E-state index contributed by atoms with van der Waals surface area (Å²) in [5, 5.41) is 21.3. The number of hydrogen-bond acceptors (Lipinski definition) is 7. The maximum atomic E-state index is 12.9. The fourth-order valence-corrected chi connectivity index (χ4v) is 5.13. The van der Waals surface area contributed by atoms with E-state index >= 15 is 0 Å². The maximum Gasteiger partial charge on any atom is 0.253 e. The highest BCUT2D eigenvalue weighted by atomic mass is 32.1. The van der Waals surface area contributed by atoms with E-state index in [4.69, 9.17) is 4.98 Å². The Morgan fingerprint density at radius 2 is 2.03 bits per heavy atom. The van der Waals surface area contributed by atoms with Crippen LogP contribution in [0.5, 0.6) is 5.75 Å². The van der Waals surface area contributed by atoms with Crippen molar-refractivity contribution in [3.63, 3.8) is 0 Å². The molecule has 158 valence electrons. The van der Waals surface area contributed by atoms with E-state index < -0.39 is 0 Å². The van der Waals surface area contributed by atoms with E-state index in [1.54, 1.807) is 23.5 Å². The highest BCUT2D eigenvalue weighted by molar-refractivity contribution is 7.19. The number of aromatic nitrogens is 2. The van der Waals surface area contributed by atoms with Crippen LogP contribution in [0.3, 0.4) is 0 Å². The number of H-pyrrole nitrogens is 1. The molecule has 8 nitrogen and oxygen atoms in total. The Labute approximate surface area is 178 Å². The van der Waals surface area contributed by atoms with E-state index in [0.717, 1.165) is 57.0 Å². The first-order valence-electron chi connectivity index (χ1n) is 10.5. The number of benzene rings is 1. The number of aromatic amines is 1. The van der Waals surface area contributed by atoms with Gasteiger partial charge in [0, 0.05) is 38.8 Å². The summed E-state index contributed by atoms with van der Waals surface area (Å²) in [6.45, 7) is 5.72. The zero-order chi connectivity index (χ0) is 20.5. The monoisotopic (exact) mass is 426 g/mol. The van der Waals surface area contributed by atoms with Gasteiger partial charge in [0.2, 0.25) is 0 Å². The number of amides is 1. The molecule has 5 rings (SSSR count). The third-order valence-corrected chi connectivity index (χ3v) is 6.91. The summed E-state index contributed by atoms with van der Waals surface area (Å²) < 4.78 is 0. The lowest BCUT2D eigenvalue weighted by Gasteiger charge is -2.27. The molecule has 2 fully saturated rings. The Morgan fingerprint density at radius 3 is 2.83 bits per heavy atom. The van der Waals surface area contributed by atoms with Crippen molar-refractivity contribution >= 4 is 33.3 Å². The van der Waals surface area contributed by atoms with Gasteiger partial charge in [0.05, 0.1) is 15.4 Å². The summed E-state index contributed by atoms with van der Waals surface area (Å²) in [5.74, 6) is 0.615. The number of phenols is 1. The van der Waals surface area contributed by atoms with Crippen LogP contribution in [0.1, 0.15) is 23.2 Å². The van der Waals surface area contributed by atoms with E-state index in [-0.39, 0.29) is 17.7 Å². The average Bonchev–Trinajstić information content (AvgIpc) is 3.43. The highest BCUT2D eigenvalue weighted by Gasteiger charge is 2.22. The van der Waals surface area contributed by atoms with Crippen molar-refractivity contribution in [3.8, 4) is 16.5 Å². The van der Waals surface area contributed by atoms with Gasteiger partial charge in [-0.15, -0.1) is 11.3 Å². The Bertz CT molecular complexity index is 1050. The maximum absolute atomic E-state index is 12.9. The van der Waals surface area contributed by atoms with Crippen molar-refractivity contribution in [2.45, 2.75) is 18.9 Å². The first-order valence-corrected chi connectivity index (χ1v) is 11.3. The van der Waals surface area contributed by atoms with E-state index in [2.05, 4.69) is 31.9 Å². The Balaban J connectivity index is 1.43. The minimum absolute atomic E-state index is 0.0958. The van der Waals surface area contributed by atoms with Gasteiger partial charge in [0.15, 0.2) is 0 Å². The molecular weight excluding hydrogens is 400 g/mol. The summed E-state index contributed by atoms with van der Waals surface area (Å²) in [7, 11) is 0. The molecule has 30 heavy (non-hydrogen) atoms. The molecule has 2 aromatic heterocycles. The second-order valence-corrected chi connectivity index (χ2v) is 8.90. The van der Waals surface area contributed by atoms with E-state index in [9.17, 15) is 9.90 Å². The first kappa shape index (κ1) is 19.3. The van der Waals surface area contributed by atoms with Crippen LogP contribution in [-0.4, -0.2) is 66.3 Å². The molecule has 2 saturated heterocycles. The molecule has 0 bridgehead atoms. The van der Waals surface area contributed by atoms with Crippen LogP contribution < -0.4 is 20.9 Å². The normalized spacial score (nSPS) is 19.9. The number of nitrogens with one attached hydrogen (secondary N) is 4. The number of piperazine rings is 1. The molecule has 5 N–H and O–H groups in total. The number of nitrogens with zero attached hydrogens (tertiary/aromatic N) is 2. The number of imidazole rings is 1. The highest BCUT2D eigenvalue weighted by Crippen LogP contribution is 2.35. The molecule has 9 heteroatoms. The van der Waals surface area contributed by atoms with Crippen molar-refractivity contribution in [3.05, 3.63) is 29.8 Å². The second-order valence-electron chi connectivity index (χ2n) is 7.83. The van der Waals surface area contributed by atoms with Gasteiger partial charge in [-0.25, -0.2) is 4.98 Å². The van der Waals surface area contributed by atoms with Gasteiger partial charge in [0.1, 0.15) is 22.6 Å². The first-order chi connectivity index (χ1) is 14.7. The van der Waals surface area contributed by atoms with Crippen LogP contribution in [-0.2, 0) is 0 Å². The summed E-state index contributed by atoms with van der Waals surface area (Å²) in [5.41, 5.74) is 1.48.